The van der Waals surface area contributed by atoms with Crippen LogP contribution in [0, 0.1) is 59.2 Å². The lowest BCUT2D eigenvalue weighted by molar-refractivity contribution is -0.316. The molecule has 5 aliphatic rings. The molecule has 0 aromatic carbocycles. The van der Waals surface area contributed by atoms with E-state index in [1.54, 1.807) is 0 Å². The fraction of sp³-hybridized carbons (Fsp3) is 0.944. The second-order valence-corrected chi connectivity index (χ2v) is 15.4. The van der Waals surface area contributed by atoms with Gasteiger partial charge in [0.05, 0.1) is 38.3 Å². The van der Waals surface area contributed by atoms with Crippen LogP contribution in [0.4, 0.5) is 0 Å². The van der Waals surface area contributed by atoms with Crippen LogP contribution in [0.2, 0.25) is 0 Å². The number of hydrogen-bond donors (Lipinski definition) is 2. The highest BCUT2D eigenvalue weighted by atomic mass is 17.2. The average Bonchev–Trinajstić information content (AvgIpc) is 3.07. The molecule has 0 saturated heterocycles. The van der Waals surface area contributed by atoms with Gasteiger partial charge in [0.1, 0.15) is 0 Å². The van der Waals surface area contributed by atoms with E-state index in [0.717, 1.165) is 56.8 Å². The van der Waals surface area contributed by atoms with Crippen molar-refractivity contribution in [1.82, 2.24) is 0 Å². The summed E-state index contributed by atoms with van der Waals surface area (Å²) in [4.78, 5) is 41.2. The molecule has 0 bridgehead atoms. The van der Waals surface area contributed by atoms with E-state index in [1.165, 1.54) is 70.6 Å². The average molecular weight is 621 g/mol. The van der Waals surface area contributed by atoms with E-state index < -0.39 is 17.8 Å². The summed E-state index contributed by atoms with van der Waals surface area (Å²) in [7, 11) is 0. The van der Waals surface area contributed by atoms with Gasteiger partial charge in [-0.05, 0) is 112 Å². The number of carbonyl (C=O) groups excluding carboxylic acids is 1. The van der Waals surface area contributed by atoms with Crippen molar-refractivity contribution < 1.29 is 39.4 Å². The molecule has 8 nitrogen and oxygen atoms in total. The van der Waals surface area contributed by atoms with E-state index in [4.69, 9.17) is 14.5 Å². The molecular formula is C36H60O8. The monoisotopic (exact) mass is 620 g/mol. The minimum absolute atomic E-state index is 0.295. The zero-order valence-corrected chi connectivity index (χ0v) is 27.1. The van der Waals surface area contributed by atoms with E-state index in [0.29, 0.717) is 74.8 Å². The van der Waals surface area contributed by atoms with Gasteiger partial charge in [-0.1, -0.05) is 64.2 Å². The van der Waals surface area contributed by atoms with Crippen molar-refractivity contribution in [3.63, 3.8) is 0 Å². The summed E-state index contributed by atoms with van der Waals surface area (Å²) >= 11 is 0. The molecule has 5 saturated carbocycles. The van der Waals surface area contributed by atoms with Crippen molar-refractivity contribution in [3.8, 4) is 0 Å². The molecule has 0 spiro atoms. The van der Waals surface area contributed by atoms with Gasteiger partial charge < -0.3 is 9.84 Å². The van der Waals surface area contributed by atoms with Crippen LogP contribution in [0.1, 0.15) is 128 Å². The van der Waals surface area contributed by atoms with E-state index in [9.17, 15) is 20.0 Å². The smallest absolute Gasteiger partial charge is 0.309 e. The summed E-state index contributed by atoms with van der Waals surface area (Å²) in [6.07, 6.45) is 22.8. The summed E-state index contributed by atoms with van der Waals surface area (Å²) < 4.78 is 5.77. The third kappa shape index (κ3) is 9.65. The van der Waals surface area contributed by atoms with Crippen LogP contribution in [0.3, 0.4) is 0 Å². The fourth-order valence-electron chi connectivity index (χ4n) is 9.86. The van der Waals surface area contributed by atoms with Crippen LogP contribution >= 0.6 is 0 Å². The van der Waals surface area contributed by atoms with Crippen molar-refractivity contribution in [2.24, 2.45) is 59.2 Å². The zero-order valence-electron chi connectivity index (χ0n) is 27.1. The first-order chi connectivity index (χ1) is 21.5. The molecule has 6 atom stereocenters. The van der Waals surface area contributed by atoms with Gasteiger partial charge in [-0.25, -0.2) is 14.7 Å². The predicted octanol–water partition coefficient (Wildman–Crippen LogP) is 8.08. The van der Waals surface area contributed by atoms with E-state index in [2.05, 4.69) is 4.89 Å². The second kappa shape index (κ2) is 17.6. The van der Waals surface area contributed by atoms with Gasteiger partial charge in [-0.2, -0.15) is 0 Å². The standard InChI is InChI=1S/C36H60O8/c37-35(38)34-20-30(28-9-5-2-6-10-28)17-18-33(34)36(39)41-21-25-11-13-26(14-12-25)22-43-44-24-31-16-15-29(19-32(31)23-42-40)27-7-3-1-4-8-27/h25-34,40H,1-24H2,(H,37,38). The van der Waals surface area contributed by atoms with Crippen LogP contribution in [0.15, 0.2) is 0 Å². The molecular weight excluding hydrogens is 560 g/mol. The Morgan fingerprint density at radius 2 is 1.09 bits per heavy atom. The Balaban J connectivity index is 0.954. The van der Waals surface area contributed by atoms with Crippen molar-refractivity contribution >= 4 is 11.9 Å². The maximum Gasteiger partial charge on any atom is 0.309 e. The molecule has 0 radical (unpaired) electrons. The minimum atomic E-state index is -0.834. The number of carboxylic acids is 1. The lowest BCUT2D eigenvalue weighted by Crippen LogP contribution is -2.39. The summed E-state index contributed by atoms with van der Waals surface area (Å²) in [5, 5.41) is 19.1. The number of hydrogen-bond acceptors (Lipinski definition) is 7. The molecule has 0 aliphatic heterocycles. The van der Waals surface area contributed by atoms with Crippen molar-refractivity contribution in [3.05, 3.63) is 0 Å². The third-order valence-corrected chi connectivity index (χ3v) is 12.7. The topological polar surface area (TPSA) is 112 Å². The van der Waals surface area contributed by atoms with Crippen molar-refractivity contribution in [1.29, 1.82) is 0 Å². The van der Waals surface area contributed by atoms with E-state index in [-0.39, 0.29) is 5.97 Å². The SMILES string of the molecule is O=C(O)C1CC(C2CCCCC2)CCC1C(=O)OCC1CCC(COOCC2CCC(C3CCCCC3)CC2COO)CC1. The first-order valence-electron chi connectivity index (χ1n) is 18.4. The van der Waals surface area contributed by atoms with Crippen molar-refractivity contribution in [2.75, 3.05) is 26.4 Å². The van der Waals surface area contributed by atoms with Gasteiger partial charge in [0.2, 0.25) is 0 Å². The number of esters is 1. The lowest BCUT2D eigenvalue weighted by Gasteiger charge is -2.40. The summed E-state index contributed by atoms with van der Waals surface area (Å²) in [6.45, 7) is 1.91. The van der Waals surface area contributed by atoms with Gasteiger partial charge in [0, 0.05) is 0 Å². The minimum Gasteiger partial charge on any atom is -0.481 e. The van der Waals surface area contributed by atoms with E-state index >= 15 is 0 Å². The molecule has 2 N–H and O–H groups in total. The first kappa shape index (κ1) is 34.1. The Labute approximate surface area is 265 Å². The Bertz CT molecular complexity index is 860. The molecule has 0 amide bonds. The van der Waals surface area contributed by atoms with Crippen LogP contribution in [-0.4, -0.2) is 48.7 Å². The normalized spacial score (nSPS) is 36.1. The van der Waals surface area contributed by atoms with Crippen LogP contribution in [-0.2, 0) is 29.0 Å². The maximum atomic E-state index is 13.0. The zero-order chi connectivity index (χ0) is 30.7. The summed E-state index contributed by atoms with van der Waals surface area (Å²) in [5.41, 5.74) is 0. The Morgan fingerprint density at radius 3 is 1.70 bits per heavy atom. The Morgan fingerprint density at radius 1 is 0.523 bits per heavy atom. The summed E-state index contributed by atoms with van der Waals surface area (Å²) in [5.74, 6) is 1.88. The molecule has 0 aromatic rings. The predicted molar refractivity (Wildman–Crippen MR) is 166 cm³/mol. The first-order valence-corrected chi connectivity index (χ1v) is 18.4. The molecule has 5 rings (SSSR count). The molecule has 8 heteroatoms. The van der Waals surface area contributed by atoms with Gasteiger partial charge in [-0.3, -0.25) is 14.8 Å². The highest BCUT2D eigenvalue weighted by Gasteiger charge is 2.42. The number of ether oxygens (including phenoxy) is 1. The molecule has 5 fully saturated rings. The van der Waals surface area contributed by atoms with Gasteiger partial charge in [0.25, 0.3) is 0 Å². The highest BCUT2D eigenvalue weighted by molar-refractivity contribution is 5.81. The second-order valence-electron chi connectivity index (χ2n) is 15.4. The lowest BCUT2D eigenvalue weighted by atomic mass is 9.67. The molecule has 0 heterocycles. The molecule has 0 aromatic heterocycles. The largest absolute Gasteiger partial charge is 0.481 e. The molecule has 252 valence electrons. The molecule has 5 aliphatic carbocycles. The van der Waals surface area contributed by atoms with Gasteiger partial charge >= 0.3 is 11.9 Å². The van der Waals surface area contributed by atoms with Crippen LogP contribution < -0.4 is 0 Å². The number of aliphatic carboxylic acids is 1. The van der Waals surface area contributed by atoms with Crippen molar-refractivity contribution in [2.45, 2.75) is 128 Å². The maximum absolute atomic E-state index is 13.0. The quantitative estimate of drug-likeness (QED) is 0.0920. The van der Waals surface area contributed by atoms with E-state index in [1.807, 2.05) is 0 Å². The summed E-state index contributed by atoms with van der Waals surface area (Å²) in [6, 6.07) is 0. The number of rotatable bonds is 13. The van der Waals surface area contributed by atoms with Gasteiger partial charge in [0.15, 0.2) is 0 Å². The number of carbonyl (C=O) groups is 2. The fourth-order valence-corrected chi connectivity index (χ4v) is 9.86. The van der Waals surface area contributed by atoms with Crippen LogP contribution in [0.25, 0.3) is 0 Å². The van der Waals surface area contributed by atoms with Crippen LogP contribution in [0.5, 0.6) is 0 Å². The Hall–Kier alpha value is -1.22. The third-order valence-electron chi connectivity index (χ3n) is 12.7. The number of carboxylic acid groups (broad SMARTS) is 1. The Kier molecular flexibility index (Phi) is 13.7. The molecule has 6 unspecified atom stereocenters. The molecule has 44 heavy (non-hydrogen) atoms. The highest BCUT2D eigenvalue weighted by Crippen LogP contribution is 2.44. The van der Waals surface area contributed by atoms with Gasteiger partial charge in [-0.15, -0.1) is 0 Å².